The molecule has 0 spiro atoms. The first-order valence-corrected chi connectivity index (χ1v) is 8.47. The van der Waals surface area contributed by atoms with Gasteiger partial charge in [0.2, 0.25) is 0 Å². The largest absolute Gasteiger partial charge is 0.338 e. The molecule has 0 aromatic heterocycles. The Bertz CT molecular complexity index is 696. The van der Waals surface area contributed by atoms with Crippen LogP contribution in [0.4, 0.5) is 9.18 Å². The van der Waals surface area contributed by atoms with Crippen LogP contribution in [0.1, 0.15) is 24.0 Å². The van der Waals surface area contributed by atoms with E-state index in [9.17, 15) is 9.18 Å². The molecule has 0 bridgehead atoms. The minimum absolute atomic E-state index is 0.0545. The molecule has 2 aromatic carbocycles. The highest BCUT2D eigenvalue weighted by Gasteiger charge is 2.44. The Kier molecular flexibility index (Phi) is 5.05. The summed E-state index contributed by atoms with van der Waals surface area (Å²) in [5, 5.41) is 6.52. The van der Waals surface area contributed by atoms with E-state index in [1.54, 1.807) is 12.1 Å². The van der Waals surface area contributed by atoms with Gasteiger partial charge in [-0.25, -0.2) is 9.18 Å². The Morgan fingerprint density at radius 1 is 1.04 bits per heavy atom. The van der Waals surface area contributed by atoms with E-state index in [0.717, 1.165) is 23.4 Å². The number of hydrogen-bond acceptors (Lipinski definition) is 1. The highest BCUT2D eigenvalue weighted by atomic mass is 35.5. The molecule has 3 rings (SSSR count). The minimum Gasteiger partial charge on any atom is -0.338 e. The van der Waals surface area contributed by atoms with Crippen LogP contribution in [-0.4, -0.2) is 19.1 Å². The Hall–Kier alpha value is -2.07. The third-order valence-corrected chi connectivity index (χ3v) is 4.76. The predicted octanol–water partition coefficient (Wildman–Crippen LogP) is 4.05. The topological polar surface area (TPSA) is 41.1 Å². The van der Waals surface area contributed by atoms with Crippen LogP contribution in [0.3, 0.4) is 0 Å². The van der Waals surface area contributed by atoms with Crippen LogP contribution in [0.25, 0.3) is 0 Å². The van der Waals surface area contributed by atoms with Crippen molar-refractivity contribution < 1.29 is 9.18 Å². The van der Waals surface area contributed by atoms with Gasteiger partial charge in [-0.3, -0.25) is 0 Å². The zero-order chi connectivity index (χ0) is 17.0. The van der Waals surface area contributed by atoms with Gasteiger partial charge in [-0.05, 0) is 54.7 Å². The number of nitrogens with one attached hydrogen (secondary N) is 2. The summed E-state index contributed by atoms with van der Waals surface area (Å²) in [6.45, 7) is 1.14. The lowest BCUT2D eigenvalue weighted by molar-refractivity contribution is 0.240. The molecule has 0 aliphatic heterocycles. The summed E-state index contributed by atoms with van der Waals surface area (Å²) in [5.74, 6) is -0.249. The molecule has 1 fully saturated rings. The molecule has 1 aliphatic carbocycles. The number of urea groups is 1. The van der Waals surface area contributed by atoms with E-state index in [1.807, 2.05) is 24.3 Å². The van der Waals surface area contributed by atoms with Gasteiger partial charge in [-0.15, -0.1) is 0 Å². The fourth-order valence-corrected chi connectivity index (χ4v) is 2.93. The molecular formula is C19H20ClFN2O. The first-order valence-electron chi connectivity index (χ1n) is 8.10. The first kappa shape index (κ1) is 16.8. The number of carbonyl (C=O) groups excluding carboxylic acids is 1. The van der Waals surface area contributed by atoms with Crippen LogP contribution >= 0.6 is 11.6 Å². The Morgan fingerprint density at radius 3 is 2.33 bits per heavy atom. The second kappa shape index (κ2) is 7.22. The van der Waals surface area contributed by atoms with E-state index in [1.165, 1.54) is 17.7 Å². The fourth-order valence-electron chi connectivity index (χ4n) is 2.81. The van der Waals surface area contributed by atoms with Gasteiger partial charge in [0.25, 0.3) is 0 Å². The summed E-state index contributed by atoms with van der Waals surface area (Å²) >= 11 is 5.93. The third kappa shape index (κ3) is 4.26. The summed E-state index contributed by atoms with van der Waals surface area (Å²) < 4.78 is 12.8. The molecule has 0 saturated heterocycles. The monoisotopic (exact) mass is 346 g/mol. The number of rotatable bonds is 6. The van der Waals surface area contributed by atoms with Gasteiger partial charge in [-0.1, -0.05) is 35.9 Å². The lowest BCUT2D eigenvalue weighted by atomic mass is 9.96. The zero-order valence-electron chi connectivity index (χ0n) is 13.3. The van der Waals surface area contributed by atoms with Crippen molar-refractivity contribution >= 4 is 17.6 Å². The van der Waals surface area contributed by atoms with E-state index in [0.29, 0.717) is 19.5 Å². The van der Waals surface area contributed by atoms with Crippen molar-refractivity contribution in [3.05, 3.63) is 70.5 Å². The highest BCUT2D eigenvalue weighted by Crippen LogP contribution is 2.47. The molecule has 0 heterocycles. The second-order valence-electron chi connectivity index (χ2n) is 6.27. The number of carbonyl (C=O) groups is 1. The van der Waals surface area contributed by atoms with Gasteiger partial charge >= 0.3 is 6.03 Å². The van der Waals surface area contributed by atoms with Crippen LogP contribution in [0.2, 0.25) is 5.02 Å². The molecule has 2 aromatic rings. The summed E-state index contributed by atoms with van der Waals surface area (Å²) in [7, 11) is 0. The van der Waals surface area contributed by atoms with Crippen molar-refractivity contribution in [3.8, 4) is 0 Å². The summed E-state index contributed by atoms with van der Waals surface area (Å²) in [6, 6.07) is 14.0. The van der Waals surface area contributed by atoms with Crippen LogP contribution in [0.15, 0.2) is 48.5 Å². The first-order chi connectivity index (χ1) is 11.6. The van der Waals surface area contributed by atoms with Crippen molar-refractivity contribution in [2.45, 2.75) is 24.7 Å². The molecule has 2 N–H and O–H groups in total. The molecule has 0 atom stereocenters. The average molecular weight is 347 g/mol. The van der Waals surface area contributed by atoms with E-state index >= 15 is 0 Å². The molecule has 1 aliphatic rings. The smallest absolute Gasteiger partial charge is 0.314 e. The van der Waals surface area contributed by atoms with Gasteiger partial charge in [0, 0.05) is 23.5 Å². The minimum atomic E-state index is -0.249. The van der Waals surface area contributed by atoms with Crippen molar-refractivity contribution in [2.24, 2.45) is 0 Å². The maximum atomic E-state index is 12.8. The van der Waals surface area contributed by atoms with Crippen LogP contribution in [-0.2, 0) is 11.8 Å². The third-order valence-electron chi connectivity index (χ3n) is 4.51. The van der Waals surface area contributed by atoms with Gasteiger partial charge in [0.05, 0.1) is 0 Å². The standard InChI is InChI=1S/C19H20ClFN2O/c20-16-5-3-15(4-6-16)19(10-11-19)13-23-18(24)22-12-9-14-1-7-17(21)8-2-14/h1-8H,9-13H2,(H2,22,23,24). The quantitative estimate of drug-likeness (QED) is 0.814. The molecule has 1 saturated carbocycles. The van der Waals surface area contributed by atoms with Gasteiger partial charge in [0.1, 0.15) is 5.82 Å². The molecular weight excluding hydrogens is 327 g/mol. The molecule has 2 amide bonds. The molecule has 126 valence electrons. The van der Waals surface area contributed by atoms with E-state index in [4.69, 9.17) is 11.6 Å². The summed E-state index contributed by atoms with van der Waals surface area (Å²) in [5.41, 5.74) is 2.27. The van der Waals surface area contributed by atoms with Crippen LogP contribution in [0.5, 0.6) is 0 Å². The fraction of sp³-hybridized carbons (Fsp3) is 0.316. The lowest BCUT2D eigenvalue weighted by Gasteiger charge is -2.17. The Labute approximate surface area is 146 Å². The summed E-state index contributed by atoms with van der Waals surface area (Å²) in [4.78, 5) is 11.9. The average Bonchev–Trinajstić information content (AvgIpc) is 3.37. The number of benzene rings is 2. The van der Waals surface area contributed by atoms with Crippen molar-refractivity contribution in [2.75, 3.05) is 13.1 Å². The van der Waals surface area contributed by atoms with Crippen molar-refractivity contribution in [1.29, 1.82) is 0 Å². The lowest BCUT2D eigenvalue weighted by Crippen LogP contribution is -2.40. The number of hydrogen-bond donors (Lipinski definition) is 2. The highest BCUT2D eigenvalue weighted by molar-refractivity contribution is 6.30. The van der Waals surface area contributed by atoms with Crippen molar-refractivity contribution in [1.82, 2.24) is 10.6 Å². The van der Waals surface area contributed by atoms with E-state index in [2.05, 4.69) is 10.6 Å². The molecule has 5 heteroatoms. The Morgan fingerprint density at radius 2 is 1.71 bits per heavy atom. The molecule has 24 heavy (non-hydrogen) atoms. The van der Waals surface area contributed by atoms with Gasteiger partial charge < -0.3 is 10.6 Å². The maximum absolute atomic E-state index is 12.8. The zero-order valence-corrected chi connectivity index (χ0v) is 14.1. The molecule has 3 nitrogen and oxygen atoms in total. The van der Waals surface area contributed by atoms with E-state index < -0.39 is 0 Å². The second-order valence-corrected chi connectivity index (χ2v) is 6.71. The van der Waals surface area contributed by atoms with Gasteiger partial charge in [0.15, 0.2) is 0 Å². The normalized spacial score (nSPS) is 14.9. The maximum Gasteiger partial charge on any atom is 0.314 e. The predicted molar refractivity (Wildman–Crippen MR) is 93.9 cm³/mol. The molecule has 0 radical (unpaired) electrons. The van der Waals surface area contributed by atoms with Gasteiger partial charge in [-0.2, -0.15) is 0 Å². The van der Waals surface area contributed by atoms with Crippen LogP contribution in [0, 0.1) is 5.82 Å². The Balaban J connectivity index is 1.42. The SMILES string of the molecule is O=C(NCCc1ccc(F)cc1)NCC1(c2ccc(Cl)cc2)CC1. The van der Waals surface area contributed by atoms with Crippen molar-refractivity contribution in [3.63, 3.8) is 0 Å². The van der Waals surface area contributed by atoms with Crippen LogP contribution < -0.4 is 10.6 Å². The molecule has 0 unspecified atom stereocenters. The summed E-state index contributed by atoms with van der Waals surface area (Å²) in [6.07, 6.45) is 2.82. The number of amides is 2. The number of halogens is 2. The van der Waals surface area contributed by atoms with E-state index in [-0.39, 0.29) is 17.3 Å².